The molecule has 1 fully saturated rings. The first-order valence-electron chi connectivity index (χ1n) is 13.6. The molecule has 4 nitrogen and oxygen atoms in total. The predicted octanol–water partition coefficient (Wildman–Crippen LogP) is 8.12. The van der Waals surface area contributed by atoms with E-state index in [1.54, 1.807) is 18.2 Å². The van der Waals surface area contributed by atoms with Crippen molar-refractivity contribution in [2.24, 2.45) is 0 Å². The fourth-order valence-corrected chi connectivity index (χ4v) is 5.48. The molecule has 0 amide bonds. The van der Waals surface area contributed by atoms with Gasteiger partial charge in [-0.15, -0.1) is 13.2 Å². The fourth-order valence-electron chi connectivity index (χ4n) is 5.30. The van der Waals surface area contributed by atoms with Crippen molar-refractivity contribution >= 4 is 22.5 Å². The Bertz CT molecular complexity index is 1440. The van der Waals surface area contributed by atoms with Crippen molar-refractivity contribution in [3.8, 4) is 16.9 Å². The molecule has 40 heavy (non-hydrogen) atoms. The molecule has 1 aliphatic heterocycles. The Morgan fingerprint density at radius 1 is 0.900 bits per heavy atom. The van der Waals surface area contributed by atoms with Crippen molar-refractivity contribution in [3.63, 3.8) is 0 Å². The van der Waals surface area contributed by atoms with Crippen molar-refractivity contribution in [1.29, 1.82) is 0 Å². The van der Waals surface area contributed by atoms with E-state index in [4.69, 9.17) is 11.6 Å². The van der Waals surface area contributed by atoms with Crippen molar-refractivity contribution in [2.45, 2.75) is 45.8 Å². The zero-order chi connectivity index (χ0) is 28.3. The molecule has 5 rings (SSSR count). The third-order valence-corrected chi connectivity index (χ3v) is 7.82. The molecule has 9 heteroatoms. The summed E-state index contributed by atoms with van der Waals surface area (Å²) >= 11 is 6.15. The molecule has 0 radical (unpaired) electrons. The predicted molar refractivity (Wildman–Crippen MR) is 151 cm³/mol. The van der Waals surface area contributed by atoms with Gasteiger partial charge in [0.2, 0.25) is 0 Å². The molecule has 0 N–H and O–H groups in total. The van der Waals surface area contributed by atoms with Crippen molar-refractivity contribution in [2.75, 3.05) is 26.2 Å². The van der Waals surface area contributed by atoms with Crippen LogP contribution in [0.25, 0.3) is 22.0 Å². The minimum absolute atomic E-state index is 0.197. The molecule has 1 saturated heterocycles. The Balaban J connectivity index is 1.31. The summed E-state index contributed by atoms with van der Waals surface area (Å²) in [6.45, 7) is 7.93. The summed E-state index contributed by atoms with van der Waals surface area (Å²) in [4.78, 5) is 4.69. The number of fused-ring (bicyclic) bond motifs is 1. The Hall–Kier alpha value is -3.07. The Morgan fingerprint density at radius 3 is 2.27 bits per heavy atom. The van der Waals surface area contributed by atoms with Gasteiger partial charge in [-0.25, -0.2) is 4.39 Å². The number of piperazine rings is 1. The lowest BCUT2D eigenvalue weighted by Crippen LogP contribution is -2.45. The average molecular weight is 574 g/mol. The van der Waals surface area contributed by atoms with Gasteiger partial charge in [-0.3, -0.25) is 9.80 Å². The van der Waals surface area contributed by atoms with E-state index in [2.05, 4.69) is 50.4 Å². The number of hydrogen-bond acceptors (Lipinski definition) is 3. The number of hydrogen-bond donors (Lipinski definition) is 0. The van der Waals surface area contributed by atoms with E-state index in [1.165, 1.54) is 23.8 Å². The lowest BCUT2D eigenvalue weighted by Gasteiger charge is -2.35. The highest BCUT2D eigenvalue weighted by molar-refractivity contribution is 6.31. The van der Waals surface area contributed by atoms with Gasteiger partial charge >= 0.3 is 6.36 Å². The number of alkyl halides is 3. The van der Waals surface area contributed by atoms with Crippen LogP contribution in [-0.2, 0) is 19.6 Å². The van der Waals surface area contributed by atoms with Gasteiger partial charge in [0, 0.05) is 68.5 Å². The molecule has 1 aliphatic rings. The largest absolute Gasteiger partial charge is 0.573 e. The van der Waals surface area contributed by atoms with E-state index in [-0.39, 0.29) is 16.6 Å². The van der Waals surface area contributed by atoms with Crippen LogP contribution in [0.3, 0.4) is 0 Å². The van der Waals surface area contributed by atoms with Gasteiger partial charge in [0.25, 0.3) is 0 Å². The first-order chi connectivity index (χ1) is 19.2. The van der Waals surface area contributed by atoms with E-state index in [0.29, 0.717) is 6.54 Å². The Kier molecular flexibility index (Phi) is 8.68. The van der Waals surface area contributed by atoms with Crippen LogP contribution in [-0.4, -0.2) is 46.9 Å². The standard InChI is InChI=1S/C31H32ClF4N3O/c1-2-3-13-39-21-27(23-8-10-25(11-9-23)40-31(34,35)36)26-18-22(7-12-29(26)39)19-37-14-16-38(17-15-37)20-24-5-4-6-28(33)30(24)32/h4-12,18,21H,2-3,13-17,19-20H2,1H3. The maximum Gasteiger partial charge on any atom is 0.573 e. The van der Waals surface area contributed by atoms with Gasteiger partial charge in [-0.2, -0.15) is 0 Å². The third-order valence-electron chi connectivity index (χ3n) is 7.39. The fraction of sp³-hybridized carbons (Fsp3) is 0.355. The normalized spacial score (nSPS) is 15.2. The molecular formula is C31H32ClF4N3O. The van der Waals surface area contributed by atoms with Crippen LogP contribution in [0.15, 0.2) is 66.9 Å². The first kappa shape index (κ1) is 28.5. The number of aryl methyl sites for hydroxylation is 1. The topological polar surface area (TPSA) is 20.6 Å². The molecule has 0 spiro atoms. The second kappa shape index (κ2) is 12.2. The first-order valence-corrected chi connectivity index (χ1v) is 13.9. The zero-order valence-electron chi connectivity index (χ0n) is 22.4. The Labute approximate surface area is 236 Å². The van der Waals surface area contributed by atoms with Gasteiger partial charge < -0.3 is 9.30 Å². The van der Waals surface area contributed by atoms with Crippen molar-refractivity contribution in [1.82, 2.24) is 14.4 Å². The summed E-state index contributed by atoms with van der Waals surface area (Å²) in [5.41, 5.74) is 4.93. The highest BCUT2D eigenvalue weighted by atomic mass is 35.5. The summed E-state index contributed by atoms with van der Waals surface area (Å²) in [5, 5.41) is 1.28. The molecule has 4 aromatic rings. The maximum absolute atomic E-state index is 13.8. The molecule has 1 aromatic heterocycles. The van der Waals surface area contributed by atoms with Crippen molar-refractivity contribution in [3.05, 3.63) is 88.8 Å². The van der Waals surface area contributed by atoms with Crippen LogP contribution in [0, 0.1) is 5.82 Å². The SMILES string of the molecule is CCCCn1cc(-c2ccc(OC(F)(F)F)cc2)c2cc(CN3CCN(Cc4cccc(F)c4Cl)CC3)ccc21. The smallest absolute Gasteiger partial charge is 0.406 e. The van der Waals surface area contributed by atoms with Crippen LogP contribution >= 0.6 is 11.6 Å². The van der Waals surface area contributed by atoms with Crippen molar-refractivity contribution < 1.29 is 22.3 Å². The summed E-state index contributed by atoms with van der Waals surface area (Å²) in [6.07, 6.45) is -0.521. The average Bonchev–Trinajstić information content (AvgIpc) is 3.28. The molecule has 2 heterocycles. The van der Waals surface area contributed by atoms with Crippen LogP contribution in [0.2, 0.25) is 5.02 Å². The number of nitrogens with zero attached hydrogens (tertiary/aromatic N) is 3. The quantitative estimate of drug-likeness (QED) is 0.189. The number of ether oxygens (including phenoxy) is 1. The lowest BCUT2D eigenvalue weighted by molar-refractivity contribution is -0.274. The van der Waals surface area contributed by atoms with E-state index < -0.39 is 6.36 Å². The number of rotatable bonds is 9. The minimum atomic E-state index is -4.72. The highest BCUT2D eigenvalue weighted by Gasteiger charge is 2.31. The van der Waals surface area contributed by atoms with Gasteiger partial charge in [0.05, 0.1) is 5.02 Å². The second-order valence-electron chi connectivity index (χ2n) is 10.3. The van der Waals surface area contributed by atoms with Crippen LogP contribution < -0.4 is 4.74 Å². The molecule has 0 unspecified atom stereocenters. The van der Waals surface area contributed by atoms with Crippen LogP contribution in [0.1, 0.15) is 30.9 Å². The van der Waals surface area contributed by atoms with Gasteiger partial charge in [0.15, 0.2) is 0 Å². The Morgan fingerprint density at radius 2 is 1.60 bits per heavy atom. The van der Waals surface area contributed by atoms with E-state index in [0.717, 1.165) is 79.7 Å². The van der Waals surface area contributed by atoms with E-state index in [1.807, 2.05) is 6.07 Å². The molecule has 0 aliphatic carbocycles. The van der Waals surface area contributed by atoms with E-state index >= 15 is 0 Å². The summed E-state index contributed by atoms with van der Waals surface area (Å²) in [7, 11) is 0. The molecular weight excluding hydrogens is 542 g/mol. The zero-order valence-corrected chi connectivity index (χ0v) is 23.1. The summed E-state index contributed by atoms with van der Waals surface area (Å²) < 4.78 is 58.0. The van der Waals surface area contributed by atoms with Gasteiger partial charge in [-0.1, -0.05) is 55.3 Å². The molecule has 0 atom stereocenters. The molecule has 0 bridgehead atoms. The highest BCUT2D eigenvalue weighted by Crippen LogP contribution is 2.34. The second-order valence-corrected chi connectivity index (χ2v) is 10.7. The van der Waals surface area contributed by atoms with Crippen LogP contribution in [0.4, 0.5) is 17.6 Å². The summed E-state index contributed by atoms with van der Waals surface area (Å²) in [6, 6.07) is 17.5. The molecule has 0 saturated carbocycles. The van der Waals surface area contributed by atoms with E-state index in [9.17, 15) is 17.6 Å². The monoisotopic (exact) mass is 573 g/mol. The number of halogens is 5. The lowest BCUT2D eigenvalue weighted by atomic mass is 10.0. The summed E-state index contributed by atoms with van der Waals surface area (Å²) in [5.74, 6) is -0.618. The maximum atomic E-state index is 13.8. The van der Waals surface area contributed by atoms with Gasteiger partial charge in [-0.05, 0) is 53.4 Å². The van der Waals surface area contributed by atoms with Gasteiger partial charge in [0.1, 0.15) is 11.6 Å². The van der Waals surface area contributed by atoms with Crippen LogP contribution in [0.5, 0.6) is 5.75 Å². The molecule has 212 valence electrons. The number of unbranched alkanes of at least 4 members (excludes halogenated alkanes) is 1. The number of benzene rings is 3. The third kappa shape index (κ3) is 6.79. The number of aromatic nitrogens is 1. The minimum Gasteiger partial charge on any atom is -0.406 e. The molecule has 3 aromatic carbocycles.